The standard InChI is InChI=1S/C53H33N3O2/c1-2-11-32(12-3-1)34-23-26-35(27-24-34)51-54-52(39-28-25-33-13-4-5-14-36(33)29-39)56-53(55-51)42-19-10-22-46-50(42)49-41(18-9-21-45(49)57-46)40-17-8-20-44-48(40)43-30-37-15-6-7-16-38(37)31-47(43)58-44/h1-31,52H,(H,54,55,56). The first-order chi connectivity index (χ1) is 28.7. The van der Waals surface area contributed by atoms with Crippen LogP contribution in [0.2, 0.25) is 0 Å². The molecule has 2 aromatic heterocycles. The van der Waals surface area contributed by atoms with Gasteiger partial charge in [0, 0.05) is 32.7 Å². The van der Waals surface area contributed by atoms with E-state index in [1.54, 1.807) is 0 Å². The molecule has 5 heteroatoms. The third-order valence-electron chi connectivity index (χ3n) is 11.5. The molecule has 0 spiro atoms. The molecule has 9 aromatic carbocycles. The maximum absolute atomic E-state index is 6.67. The van der Waals surface area contributed by atoms with Gasteiger partial charge in [-0.3, -0.25) is 0 Å². The van der Waals surface area contributed by atoms with Crippen LogP contribution in [0.1, 0.15) is 22.9 Å². The average Bonchev–Trinajstić information content (AvgIpc) is 3.86. The number of hydrogen-bond donors (Lipinski definition) is 1. The van der Waals surface area contributed by atoms with E-state index in [1.807, 2.05) is 18.2 Å². The molecule has 1 N–H and O–H groups in total. The van der Waals surface area contributed by atoms with E-state index in [9.17, 15) is 0 Å². The Labute approximate surface area is 333 Å². The molecule has 5 nitrogen and oxygen atoms in total. The minimum absolute atomic E-state index is 0.380. The molecule has 11 aromatic rings. The van der Waals surface area contributed by atoms with Crippen molar-refractivity contribution in [2.75, 3.05) is 0 Å². The van der Waals surface area contributed by atoms with Crippen LogP contribution in [-0.4, -0.2) is 11.7 Å². The number of benzene rings is 9. The van der Waals surface area contributed by atoms with Crippen LogP contribution in [0.15, 0.2) is 207 Å². The molecule has 58 heavy (non-hydrogen) atoms. The van der Waals surface area contributed by atoms with Crippen LogP contribution in [0.5, 0.6) is 0 Å². The van der Waals surface area contributed by atoms with E-state index in [-0.39, 0.29) is 6.17 Å². The van der Waals surface area contributed by atoms with Crippen molar-refractivity contribution in [1.82, 2.24) is 5.32 Å². The van der Waals surface area contributed by atoms with Crippen LogP contribution in [0, 0.1) is 0 Å². The van der Waals surface area contributed by atoms with Crippen molar-refractivity contribution in [2.45, 2.75) is 6.17 Å². The Morgan fingerprint density at radius 1 is 0.397 bits per heavy atom. The highest BCUT2D eigenvalue weighted by atomic mass is 16.3. The highest BCUT2D eigenvalue weighted by molar-refractivity contribution is 6.26. The Hall–Kier alpha value is -7.76. The molecule has 0 radical (unpaired) electrons. The highest BCUT2D eigenvalue weighted by Crippen LogP contribution is 2.44. The zero-order chi connectivity index (χ0) is 38.2. The fourth-order valence-electron chi connectivity index (χ4n) is 8.73. The lowest BCUT2D eigenvalue weighted by Gasteiger charge is -2.24. The van der Waals surface area contributed by atoms with Gasteiger partial charge in [0.15, 0.2) is 5.84 Å². The van der Waals surface area contributed by atoms with E-state index >= 15 is 0 Å². The van der Waals surface area contributed by atoms with Crippen LogP contribution in [0.4, 0.5) is 0 Å². The van der Waals surface area contributed by atoms with Gasteiger partial charge in [0.2, 0.25) is 0 Å². The fourth-order valence-corrected chi connectivity index (χ4v) is 8.73. The van der Waals surface area contributed by atoms with E-state index < -0.39 is 0 Å². The molecular formula is C53H33N3O2. The number of amidine groups is 2. The first-order valence-electron chi connectivity index (χ1n) is 19.6. The largest absolute Gasteiger partial charge is 0.456 e. The SMILES string of the molecule is c1ccc(-c2ccc(C3=NC(c4ccc5ccccc5c4)NC(c4cccc5oc6cccc(-c7cccc8oc9cc%10ccccc%10cc9c78)c6c45)=N3)cc2)cc1. The number of fused-ring (bicyclic) bond motifs is 8. The van der Waals surface area contributed by atoms with Crippen LogP contribution < -0.4 is 5.32 Å². The number of furan rings is 2. The van der Waals surface area contributed by atoms with E-state index in [0.29, 0.717) is 5.84 Å². The third-order valence-corrected chi connectivity index (χ3v) is 11.5. The summed E-state index contributed by atoms with van der Waals surface area (Å²) in [6.07, 6.45) is -0.380. The summed E-state index contributed by atoms with van der Waals surface area (Å²) < 4.78 is 13.2. The number of nitrogens with one attached hydrogen (secondary N) is 1. The molecule has 0 aliphatic carbocycles. The second-order valence-electron chi connectivity index (χ2n) is 14.9. The van der Waals surface area contributed by atoms with Crippen molar-refractivity contribution in [3.63, 3.8) is 0 Å². The van der Waals surface area contributed by atoms with Crippen molar-refractivity contribution in [3.05, 3.63) is 205 Å². The monoisotopic (exact) mass is 743 g/mol. The summed E-state index contributed by atoms with van der Waals surface area (Å²) in [6.45, 7) is 0. The van der Waals surface area contributed by atoms with Gasteiger partial charge in [-0.05, 0) is 85.8 Å². The Bertz CT molecular complexity index is 3480. The Balaban J connectivity index is 1.06. The second-order valence-corrected chi connectivity index (χ2v) is 14.9. The molecule has 1 unspecified atom stereocenters. The van der Waals surface area contributed by atoms with Crippen LogP contribution >= 0.6 is 0 Å². The quantitative estimate of drug-likeness (QED) is 0.191. The number of aliphatic imine (C=N–C) groups is 2. The lowest BCUT2D eigenvalue weighted by atomic mass is 9.93. The van der Waals surface area contributed by atoms with Crippen molar-refractivity contribution in [1.29, 1.82) is 0 Å². The van der Waals surface area contributed by atoms with Gasteiger partial charge in [0.1, 0.15) is 34.3 Å². The molecule has 0 saturated carbocycles. The summed E-state index contributed by atoms with van der Waals surface area (Å²) in [6, 6.07) is 65.7. The number of hydrogen-bond acceptors (Lipinski definition) is 5. The van der Waals surface area contributed by atoms with Gasteiger partial charge in [-0.1, -0.05) is 152 Å². The van der Waals surface area contributed by atoms with Gasteiger partial charge in [-0.25, -0.2) is 9.98 Å². The van der Waals surface area contributed by atoms with Gasteiger partial charge in [0.25, 0.3) is 0 Å². The van der Waals surface area contributed by atoms with Gasteiger partial charge in [0.05, 0.1) is 0 Å². The first kappa shape index (κ1) is 32.5. The van der Waals surface area contributed by atoms with E-state index in [0.717, 1.165) is 93.9 Å². The van der Waals surface area contributed by atoms with E-state index in [2.05, 4.69) is 175 Å². The van der Waals surface area contributed by atoms with Crippen LogP contribution in [0.3, 0.4) is 0 Å². The smallest absolute Gasteiger partial charge is 0.159 e. The molecular weight excluding hydrogens is 711 g/mol. The van der Waals surface area contributed by atoms with Crippen LogP contribution in [0.25, 0.3) is 87.7 Å². The summed E-state index contributed by atoms with van der Waals surface area (Å²) in [5, 5.41) is 12.6. The van der Waals surface area contributed by atoms with Crippen molar-refractivity contribution in [3.8, 4) is 22.3 Å². The van der Waals surface area contributed by atoms with E-state index in [4.69, 9.17) is 18.8 Å². The summed E-state index contributed by atoms with van der Waals surface area (Å²) >= 11 is 0. The number of nitrogens with zero attached hydrogens (tertiary/aromatic N) is 2. The Morgan fingerprint density at radius 3 is 1.69 bits per heavy atom. The average molecular weight is 744 g/mol. The van der Waals surface area contributed by atoms with E-state index in [1.165, 1.54) is 16.3 Å². The maximum atomic E-state index is 6.67. The molecule has 0 amide bonds. The molecule has 0 bridgehead atoms. The zero-order valence-corrected chi connectivity index (χ0v) is 31.2. The lowest BCUT2D eigenvalue weighted by molar-refractivity contribution is 0.667. The Kier molecular flexibility index (Phi) is 7.23. The fraction of sp³-hybridized carbons (Fsp3) is 0.0189. The van der Waals surface area contributed by atoms with Crippen molar-refractivity contribution < 1.29 is 8.83 Å². The molecule has 1 aliphatic heterocycles. The zero-order valence-electron chi connectivity index (χ0n) is 31.2. The predicted octanol–water partition coefficient (Wildman–Crippen LogP) is 13.6. The molecule has 272 valence electrons. The minimum atomic E-state index is -0.380. The first-order valence-corrected chi connectivity index (χ1v) is 19.6. The second kappa shape index (κ2) is 12.9. The van der Waals surface area contributed by atoms with Gasteiger partial charge >= 0.3 is 0 Å². The molecule has 12 rings (SSSR count). The molecule has 3 heterocycles. The lowest BCUT2D eigenvalue weighted by Crippen LogP contribution is -2.33. The summed E-state index contributed by atoms with van der Waals surface area (Å²) in [7, 11) is 0. The van der Waals surface area contributed by atoms with Crippen molar-refractivity contribution in [2.24, 2.45) is 9.98 Å². The van der Waals surface area contributed by atoms with Crippen LogP contribution in [-0.2, 0) is 0 Å². The summed E-state index contributed by atoms with van der Waals surface area (Å²) in [5.74, 6) is 1.40. The third kappa shape index (κ3) is 5.25. The topological polar surface area (TPSA) is 63.0 Å². The highest BCUT2D eigenvalue weighted by Gasteiger charge is 2.26. The Morgan fingerprint density at radius 2 is 0.948 bits per heavy atom. The van der Waals surface area contributed by atoms with Gasteiger partial charge < -0.3 is 14.2 Å². The molecule has 0 fully saturated rings. The summed E-state index contributed by atoms with van der Waals surface area (Å²) in [4.78, 5) is 10.6. The minimum Gasteiger partial charge on any atom is -0.456 e. The molecule has 1 aliphatic rings. The predicted molar refractivity (Wildman–Crippen MR) is 239 cm³/mol. The normalized spacial score (nSPS) is 14.4. The van der Waals surface area contributed by atoms with Gasteiger partial charge in [-0.15, -0.1) is 0 Å². The van der Waals surface area contributed by atoms with Gasteiger partial charge in [-0.2, -0.15) is 0 Å². The molecule has 0 saturated heterocycles. The summed E-state index contributed by atoms with van der Waals surface area (Å²) in [5.41, 5.74) is 10.7. The number of rotatable bonds is 5. The maximum Gasteiger partial charge on any atom is 0.159 e. The molecule has 1 atom stereocenters. The van der Waals surface area contributed by atoms with Crippen molar-refractivity contribution >= 4 is 77.1 Å².